The number of hydrogen-bond acceptors (Lipinski definition) is 3. The summed E-state index contributed by atoms with van der Waals surface area (Å²) < 4.78 is 0. The summed E-state index contributed by atoms with van der Waals surface area (Å²) in [5.74, 6) is -0.106. The molecule has 2 aromatic carbocycles. The fraction of sp³-hybridized carbons (Fsp3) is 0.333. The lowest BCUT2D eigenvalue weighted by atomic mass is 9.86. The zero-order valence-corrected chi connectivity index (χ0v) is 18.5. The second-order valence-corrected chi connectivity index (χ2v) is 8.49. The molecule has 0 bridgehead atoms. The first-order valence-corrected chi connectivity index (χ1v) is 11.3. The number of fused-ring (bicyclic) bond motifs is 2. The van der Waals surface area contributed by atoms with Gasteiger partial charge in [0.1, 0.15) is 0 Å². The van der Waals surface area contributed by atoms with Crippen LogP contribution in [0.15, 0.2) is 54.1 Å². The van der Waals surface area contributed by atoms with Crippen LogP contribution in [-0.4, -0.2) is 47.6 Å². The van der Waals surface area contributed by atoms with Crippen molar-refractivity contribution in [3.8, 4) is 0 Å². The molecule has 1 aliphatic carbocycles. The van der Waals surface area contributed by atoms with Crippen LogP contribution in [0.1, 0.15) is 54.9 Å². The Balaban J connectivity index is 1.51. The van der Waals surface area contributed by atoms with Gasteiger partial charge in [-0.15, -0.1) is 0 Å². The van der Waals surface area contributed by atoms with Crippen molar-refractivity contribution in [2.45, 2.75) is 38.6 Å². The molecule has 166 valence electrons. The maximum absolute atomic E-state index is 12.7. The van der Waals surface area contributed by atoms with E-state index in [-0.39, 0.29) is 24.5 Å². The molecule has 4 rings (SSSR count). The van der Waals surface area contributed by atoms with E-state index in [0.29, 0.717) is 25.9 Å². The molecule has 0 saturated carbocycles. The number of piperidine rings is 1. The first-order valence-electron chi connectivity index (χ1n) is 11.3. The standard InChI is InChI=1S/C27H30N2O3/c1-19(31)28-23(18-30)12-13-26(32)29-16-14-22(15-17-29)27-24-8-4-2-6-20(24)10-11-21-7-3-5-9-25(21)27/h2-11,23,30H,12-18H2,1H3,(H,28,31). The molecule has 2 aliphatic rings. The zero-order chi connectivity index (χ0) is 22.5. The molecule has 1 heterocycles. The lowest BCUT2D eigenvalue weighted by molar-refractivity contribution is -0.132. The predicted molar refractivity (Wildman–Crippen MR) is 128 cm³/mol. The Labute approximate surface area is 189 Å². The van der Waals surface area contributed by atoms with Crippen molar-refractivity contribution >= 4 is 29.5 Å². The van der Waals surface area contributed by atoms with E-state index in [4.69, 9.17) is 0 Å². The number of carbonyl (C=O) groups excluding carboxylic acids is 2. The van der Waals surface area contributed by atoms with E-state index in [2.05, 4.69) is 66.0 Å². The van der Waals surface area contributed by atoms with Gasteiger partial charge in [-0.2, -0.15) is 0 Å². The number of amides is 2. The number of nitrogens with one attached hydrogen (secondary N) is 1. The van der Waals surface area contributed by atoms with E-state index in [1.807, 2.05) is 4.90 Å². The van der Waals surface area contributed by atoms with Crippen molar-refractivity contribution in [3.05, 3.63) is 76.4 Å². The number of carbonyl (C=O) groups is 2. The molecule has 32 heavy (non-hydrogen) atoms. The lowest BCUT2D eigenvalue weighted by Crippen LogP contribution is -2.40. The molecule has 0 spiro atoms. The van der Waals surface area contributed by atoms with E-state index >= 15 is 0 Å². The second-order valence-electron chi connectivity index (χ2n) is 8.49. The molecular formula is C27H30N2O3. The summed E-state index contributed by atoms with van der Waals surface area (Å²) in [4.78, 5) is 25.9. The van der Waals surface area contributed by atoms with Crippen LogP contribution in [0.25, 0.3) is 17.7 Å². The third kappa shape index (κ3) is 4.83. The van der Waals surface area contributed by atoms with Gasteiger partial charge in [0.2, 0.25) is 11.8 Å². The largest absolute Gasteiger partial charge is 0.394 e. The number of aliphatic hydroxyl groups excluding tert-OH is 1. The highest BCUT2D eigenvalue weighted by molar-refractivity contribution is 5.95. The molecular weight excluding hydrogens is 400 g/mol. The Morgan fingerprint density at radius 1 is 0.969 bits per heavy atom. The van der Waals surface area contributed by atoms with Crippen molar-refractivity contribution in [1.29, 1.82) is 0 Å². The highest BCUT2D eigenvalue weighted by atomic mass is 16.3. The minimum absolute atomic E-state index is 0.0844. The van der Waals surface area contributed by atoms with E-state index in [9.17, 15) is 14.7 Å². The monoisotopic (exact) mass is 430 g/mol. The van der Waals surface area contributed by atoms with Crippen LogP contribution in [0, 0.1) is 0 Å². The summed E-state index contributed by atoms with van der Waals surface area (Å²) in [5, 5.41) is 12.1. The van der Waals surface area contributed by atoms with Gasteiger partial charge in [-0.1, -0.05) is 66.3 Å². The molecule has 1 saturated heterocycles. The van der Waals surface area contributed by atoms with Crippen LogP contribution in [0.3, 0.4) is 0 Å². The van der Waals surface area contributed by atoms with Gasteiger partial charge in [-0.05, 0) is 47.1 Å². The molecule has 1 fully saturated rings. The summed E-state index contributed by atoms with van der Waals surface area (Å²) in [6.07, 6.45) is 6.84. The first kappa shape index (κ1) is 22.0. The highest BCUT2D eigenvalue weighted by Crippen LogP contribution is 2.38. The van der Waals surface area contributed by atoms with E-state index in [0.717, 1.165) is 12.8 Å². The fourth-order valence-electron chi connectivity index (χ4n) is 4.67. The second kappa shape index (κ2) is 9.96. The summed E-state index contributed by atoms with van der Waals surface area (Å²) in [6.45, 7) is 2.65. The summed E-state index contributed by atoms with van der Waals surface area (Å²) >= 11 is 0. The molecule has 0 aromatic heterocycles. The van der Waals surface area contributed by atoms with E-state index < -0.39 is 0 Å². The average molecular weight is 431 g/mol. The maximum atomic E-state index is 12.7. The number of likely N-dealkylation sites (tertiary alicyclic amines) is 1. The Hall–Kier alpha value is -3.18. The van der Waals surface area contributed by atoms with Gasteiger partial charge in [-0.3, -0.25) is 9.59 Å². The molecule has 1 aliphatic heterocycles. The van der Waals surface area contributed by atoms with Crippen molar-refractivity contribution in [3.63, 3.8) is 0 Å². The van der Waals surface area contributed by atoms with Crippen molar-refractivity contribution < 1.29 is 14.7 Å². The topological polar surface area (TPSA) is 69.6 Å². The van der Waals surface area contributed by atoms with Gasteiger partial charge in [0, 0.05) is 26.4 Å². The first-order chi connectivity index (χ1) is 15.6. The van der Waals surface area contributed by atoms with E-state index in [1.54, 1.807) is 0 Å². The third-order valence-corrected chi connectivity index (χ3v) is 6.31. The Morgan fingerprint density at radius 3 is 2.06 bits per heavy atom. The maximum Gasteiger partial charge on any atom is 0.222 e. The smallest absolute Gasteiger partial charge is 0.222 e. The minimum Gasteiger partial charge on any atom is -0.394 e. The van der Waals surface area contributed by atoms with Crippen molar-refractivity contribution in [1.82, 2.24) is 10.2 Å². The molecule has 2 aromatic rings. The summed E-state index contributed by atoms with van der Waals surface area (Å²) in [7, 11) is 0. The van der Waals surface area contributed by atoms with Gasteiger partial charge >= 0.3 is 0 Å². The van der Waals surface area contributed by atoms with Crippen LogP contribution in [-0.2, 0) is 9.59 Å². The Bertz CT molecular complexity index is 1010. The van der Waals surface area contributed by atoms with Crippen LogP contribution in [0.5, 0.6) is 0 Å². The highest BCUT2D eigenvalue weighted by Gasteiger charge is 2.25. The molecule has 2 amide bonds. The SMILES string of the molecule is CC(=O)NC(CO)CCC(=O)N1CCC(=C2c3ccccc3C=Cc3ccccc32)CC1. The number of hydrogen-bond donors (Lipinski definition) is 2. The molecule has 5 heteroatoms. The molecule has 1 atom stereocenters. The molecule has 0 radical (unpaired) electrons. The lowest BCUT2D eigenvalue weighted by Gasteiger charge is -2.31. The number of aliphatic hydroxyl groups is 1. The molecule has 2 N–H and O–H groups in total. The van der Waals surface area contributed by atoms with Crippen LogP contribution >= 0.6 is 0 Å². The minimum atomic E-state index is -0.370. The van der Waals surface area contributed by atoms with Crippen molar-refractivity contribution in [2.75, 3.05) is 19.7 Å². The molecule has 1 unspecified atom stereocenters. The van der Waals surface area contributed by atoms with Gasteiger partial charge in [0.25, 0.3) is 0 Å². The normalized spacial score (nSPS) is 16.1. The summed E-state index contributed by atoms with van der Waals surface area (Å²) in [6, 6.07) is 16.7. The average Bonchev–Trinajstić information content (AvgIpc) is 2.98. The van der Waals surface area contributed by atoms with Gasteiger partial charge < -0.3 is 15.3 Å². The number of rotatable bonds is 5. The van der Waals surface area contributed by atoms with Crippen LogP contribution in [0.4, 0.5) is 0 Å². The predicted octanol–water partition coefficient (Wildman–Crippen LogP) is 3.87. The van der Waals surface area contributed by atoms with Crippen LogP contribution < -0.4 is 5.32 Å². The number of benzene rings is 2. The third-order valence-electron chi connectivity index (χ3n) is 6.31. The zero-order valence-electron chi connectivity index (χ0n) is 18.5. The van der Waals surface area contributed by atoms with Gasteiger partial charge in [0.05, 0.1) is 12.6 Å². The Morgan fingerprint density at radius 2 is 1.53 bits per heavy atom. The Kier molecular flexibility index (Phi) is 6.86. The fourth-order valence-corrected chi connectivity index (χ4v) is 4.67. The van der Waals surface area contributed by atoms with Crippen molar-refractivity contribution in [2.24, 2.45) is 0 Å². The number of nitrogens with zero attached hydrogens (tertiary/aromatic N) is 1. The van der Waals surface area contributed by atoms with Gasteiger partial charge in [0.15, 0.2) is 0 Å². The molecule has 5 nitrogen and oxygen atoms in total. The quantitative estimate of drug-likeness (QED) is 0.646. The van der Waals surface area contributed by atoms with Gasteiger partial charge in [-0.25, -0.2) is 0 Å². The van der Waals surface area contributed by atoms with E-state index in [1.165, 1.54) is 40.3 Å². The van der Waals surface area contributed by atoms with Crippen LogP contribution in [0.2, 0.25) is 0 Å². The summed E-state index contributed by atoms with van der Waals surface area (Å²) in [5.41, 5.74) is 7.65.